The highest BCUT2D eigenvalue weighted by Gasteiger charge is 1.99. The van der Waals surface area contributed by atoms with E-state index in [0.717, 1.165) is 30.3 Å². The van der Waals surface area contributed by atoms with Crippen molar-refractivity contribution in [2.45, 2.75) is 19.6 Å². The Kier molecular flexibility index (Phi) is 4.03. The van der Waals surface area contributed by atoms with Crippen molar-refractivity contribution in [1.82, 2.24) is 19.9 Å². The molecule has 0 radical (unpaired) electrons. The van der Waals surface area contributed by atoms with Crippen LogP contribution in [-0.4, -0.2) is 21.1 Å². The number of nitrogens with zero attached hydrogens (tertiary/aromatic N) is 3. The van der Waals surface area contributed by atoms with Gasteiger partial charge < -0.3 is 15.6 Å². The molecule has 2 rings (SSSR count). The lowest BCUT2D eigenvalue weighted by atomic mass is 10.4. The van der Waals surface area contributed by atoms with Crippen molar-refractivity contribution < 1.29 is 0 Å². The number of hydrogen-bond acceptors (Lipinski definition) is 5. The summed E-state index contributed by atoms with van der Waals surface area (Å²) < 4.78 is 2.00. The van der Waals surface area contributed by atoms with E-state index >= 15 is 0 Å². The summed E-state index contributed by atoms with van der Waals surface area (Å²) >= 11 is 1.66. The Balaban J connectivity index is 1.76. The van der Waals surface area contributed by atoms with Gasteiger partial charge in [0.05, 0.1) is 12.0 Å². The SMILES string of the molecule is NCCn1cnc(CNCc2nccs2)c1. The molecule has 0 saturated heterocycles. The lowest BCUT2D eigenvalue weighted by Gasteiger charge is -1.99. The Bertz CT molecular complexity index is 409. The van der Waals surface area contributed by atoms with Gasteiger partial charge in [0.15, 0.2) is 0 Å². The zero-order valence-corrected chi connectivity index (χ0v) is 9.78. The van der Waals surface area contributed by atoms with Gasteiger partial charge in [-0.1, -0.05) is 0 Å². The fraction of sp³-hybridized carbons (Fsp3) is 0.400. The summed E-state index contributed by atoms with van der Waals surface area (Å²) in [7, 11) is 0. The highest BCUT2D eigenvalue weighted by molar-refractivity contribution is 7.09. The zero-order valence-electron chi connectivity index (χ0n) is 8.97. The van der Waals surface area contributed by atoms with Crippen LogP contribution in [0.2, 0.25) is 0 Å². The van der Waals surface area contributed by atoms with E-state index in [1.165, 1.54) is 0 Å². The third kappa shape index (κ3) is 3.13. The maximum atomic E-state index is 5.46. The van der Waals surface area contributed by atoms with Gasteiger partial charge in [-0.2, -0.15) is 0 Å². The van der Waals surface area contributed by atoms with Gasteiger partial charge in [-0.3, -0.25) is 0 Å². The average molecular weight is 237 g/mol. The molecule has 16 heavy (non-hydrogen) atoms. The first-order valence-corrected chi connectivity index (χ1v) is 6.06. The van der Waals surface area contributed by atoms with Gasteiger partial charge in [-0.25, -0.2) is 9.97 Å². The summed E-state index contributed by atoms with van der Waals surface area (Å²) in [6.45, 7) is 3.01. The molecule has 5 nitrogen and oxygen atoms in total. The van der Waals surface area contributed by atoms with E-state index in [0.29, 0.717) is 6.54 Å². The summed E-state index contributed by atoms with van der Waals surface area (Å²) in [6.07, 6.45) is 5.65. The van der Waals surface area contributed by atoms with Gasteiger partial charge in [0.2, 0.25) is 0 Å². The highest BCUT2D eigenvalue weighted by Crippen LogP contribution is 2.03. The molecule has 3 N–H and O–H groups in total. The van der Waals surface area contributed by atoms with Crippen LogP contribution in [0, 0.1) is 0 Å². The molecule has 0 atom stereocenters. The molecular formula is C10H15N5S. The van der Waals surface area contributed by atoms with E-state index in [-0.39, 0.29) is 0 Å². The number of nitrogens with two attached hydrogens (primary N) is 1. The first-order chi connectivity index (χ1) is 7.88. The molecule has 6 heteroatoms. The van der Waals surface area contributed by atoms with Crippen LogP contribution in [0.25, 0.3) is 0 Å². The zero-order chi connectivity index (χ0) is 11.2. The quantitative estimate of drug-likeness (QED) is 0.771. The van der Waals surface area contributed by atoms with Gasteiger partial charge in [0.1, 0.15) is 5.01 Å². The third-order valence-electron chi connectivity index (χ3n) is 2.14. The molecule has 2 aromatic heterocycles. The average Bonchev–Trinajstić information content (AvgIpc) is 2.90. The predicted molar refractivity (Wildman–Crippen MR) is 63.9 cm³/mol. The van der Waals surface area contributed by atoms with Crippen molar-refractivity contribution in [2.24, 2.45) is 5.73 Å². The molecular weight excluding hydrogens is 222 g/mol. The van der Waals surface area contributed by atoms with Crippen molar-refractivity contribution in [3.05, 3.63) is 34.8 Å². The number of imidazole rings is 1. The molecule has 0 fully saturated rings. The van der Waals surface area contributed by atoms with E-state index in [9.17, 15) is 0 Å². The number of thiazole rings is 1. The molecule has 86 valence electrons. The second kappa shape index (κ2) is 5.74. The minimum Gasteiger partial charge on any atom is -0.336 e. The first-order valence-electron chi connectivity index (χ1n) is 5.18. The maximum absolute atomic E-state index is 5.46. The van der Waals surface area contributed by atoms with E-state index in [2.05, 4.69) is 15.3 Å². The van der Waals surface area contributed by atoms with Crippen LogP contribution in [0.5, 0.6) is 0 Å². The summed E-state index contributed by atoms with van der Waals surface area (Å²) in [5.41, 5.74) is 6.50. The lowest BCUT2D eigenvalue weighted by Crippen LogP contribution is -2.12. The van der Waals surface area contributed by atoms with Gasteiger partial charge in [0, 0.05) is 44.0 Å². The molecule has 0 aliphatic carbocycles. The minimum absolute atomic E-state index is 0.641. The normalized spacial score (nSPS) is 10.8. The molecule has 2 heterocycles. The maximum Gasteiger partial charge on any atom is 0.106 e. The van der Waals surface area contributed by atoms with Crippen molar-refractivity contribution in [3.63, 3.8) is 0 Å². The summed E-state index contributed by atoms with van der Waals surface area (Å²) in [6, 6.07) is 0. The smallest absolute Gasteiger partial charge is 0.106 e. The van der Waals surface area contributed by atoms with Crippen molar-refractivity contribution in [2.75, 3.05) is 6.54 Å². The number of nitrogens with one attached hydrogen (secondary N) is 1. The van der Waals surface area contributed by atoms with Crippen molar-refractivity contribution in [3.8, 4) is 0 Å². The molecule has 0 aliphatic heterocycles. The van der Waals surface area contributed by atoms with Gasteiger partial charge in [0.25, 0.3) is 0 Å². The monoisotopic (exact) mass is 237 g/mol. The lowest BCUT2D eigenvalue weighted by molar-refractivity contribution is 0.675. The Labute approximate surface area is 98.3 Å². The Hall–Kier alpha value is -1.24. The standard InChI is InChI=1S/C10H15N5S/c11-1-3-15-7-9(14-8-15)5-12-6-10-13-2-4-16-10/h2,4,7-8,12H,1,3,5-6,11H2. The molecule has 2 aromatic rings. The molecule has 0 unspecified atom stereocenters. The largest absolute Gasteiger partial charge is 0.336 e. The van der Waals surface area contributed by atoms with Crippen LogP contribution >= 0.6 is 11.3 Å². The van der Waals surface area contributed by atoms with E-state index in [1.807, 2.05) is 28.7 Å². The van der Waals surface area contributed by atoms with Crippen LogP contribution in [0.3, 0.4) is 0 Å². The second-order valence-corrected chi connectivity index (χ2v) is 4.40. The molecule has 0 saturated carbocycles. The van der Waals surface area contributed by atoms with Gasteiger partial charge in [-0.15, -0.1) is 11.3 Å². The topological polar surface area (TPSA) is 68.8 Å². The Morgan fingerprint density at radius 1 is 1.38 bits per heavy atom. The third-order valence-corrected chi connectivity index (χ3v) is 2.92. The summed E-state index contributed by atoms with van der Waals surface area (Å²) in [5, 5.41) is 6.38. The highest BCUT2D eigenvalue weighted by atomic mass is 32.1. The van der Waals surface area contributed by atoms with E-state index < -0.39 is 0 Å². The van der Waals surface area contributed by atoms with E-state index in [1.54, 1.807) is 11.3 Å². The number of hydrogen-bond donors (Lipinski definition) is 2. The van der Waals surface area contributed by atoms with Gasteiger partial charge >= 0.3 is 0 Å². The molecule has 0 aromatic carbocycles. The van der Waals surface area contributed by atoms with Crippen LogP contribution in [-0.2, 0) is 19.6 Å². The minimum atomic E-state index is 0.641. The van der Waals surface area contributed by atoms with Crippen LogP contribution in [0.4, 0.5) is 0 Å². The van der Waals surface area contributed by atoms with Crippen molar-refractivity contribution in [1.29, 1.82) is 0 Å². The first kappa shape index (κ1) is 11.3. The van der Waals surface area contributed by atoms with E-state index in [4.69, 9.17) is 5.73 Å². The van der Waals surface area contributed by atoms with Crippen LogP contribution in [0.15, 0.2) is 24.1 Å². The Morgan fingerprint density at radius 3 is 3.06 bits per heavy atom. The fourth-order valence-electron chi connectivity index (χ4n) is 1.41. The van der Waals surface area contributed by atoms with Gasteiger partial charge in [-0.05, 0) is 0 Å². The number of rotatable bonds is 6. The van der Waals surface area contributed by atoms with Crippen molar-refractivity contribution >= 4 is 11.3 Å². The molecule has 0 amide bonds. The molecule has 0 bridgehead atoms. The molecule has 0 spiro atoms. The predicted octanol–water partition coefficient (Wildman–Crippen LogP) is 0.588. The number of aromatic nitrogens is 3. The van der Waals surface area contributed by atoms with Crippen LogP contribution in [0.1, 0.15) is 10.7 Å². The molecule has 0 aliphatic rings. The second-order valence-electron chi connectivity index (χ2n) is 3.42. The summed E-state index contributed by atoms with van der Waals surface area (Å²) in [4.78, 5) is 8.48. The fourth-order valence-corrected chi connectivity index (χ4v) is 1.99. The van der Waals surface area contributed by atoms with Crippen LogP contribution < -0.4 is 11.1 Å². The Morgan fingerprint density at radius 2 is 2.31 bits per heavy atom. The summed E-state index contributed by atoms with van der Waals surface area (Å²) in [5.74, 6) is 0.